The van der Waals surface area contributed by atoms with Gasteiger partial charge in [-0.25, -0.2) is 0 Å². The predicted octanol–water partition coefficient (Wildman–Crippen LogP) is 1.75. The van der Waals surface area contributed by atoms with Crippen LogP contribution in [0.4, 0.5) is 0 Å². The molecule has 1 N–H and O–H groups in total. The number of nitrogens with zero attached hydrogens (tertiary/aromatic N) is 2. The molecule has 1 fully saturated rings. The maximum atomic E-state index is 11.8. The van der Waals surface area contributed by atoms with Crippen molar-refractivity contribution in [1.29, 1.82) is 0 Å². The Morgan fingerprint density at radius 2 is 2.12 bits per heavy atom. The van der Waals surface area contributed by atoms with Crippen LogP contribution in [0.5, 0.6) is 0 Å². The lowest BCUT2D eigenvalue weighted by atomic mass is 10.1. The van der Waals surface area contributed by atoms with Crippen molar-refractivity contribution in [2.24, 2.45) is 5.92 Å². The van der Waals surface area contributed by atoms with Crippen LogP contribution < -0.4 is 5.32 Å². The van der Waals surface area contributed by atoms with E-state index in [9.17, 15) is 4.79 Å². The topological polar surface area (TPSA) is 68.0 Å². The highest BCUT2D eigenvalue weighted by Crippen LogP contribution is 2.25. The Morgan fingerprint density at radius 1 is 1.44 bits per heavy atom. The summed E-state index contributed by atoms with van der Waals surface area (Å²) >= 11 is 0. The predicted molar refractivity (Wildman–Crippen MR) is 57.6 cm³/mol. The first-order chi connectivity index (χ1) is 7.66. The molecule has 16 heavy (non-hydrogen) atoms. The minimum absolute atomic E-state index is 0.112. The third-order valence-electron chi connectivity index (χ3n) is 3.00. The number of amides is 1. The van der Waals surface area contributed by atoms with Gasteiger partial charge in [0.25, 0.3) is 0 Å². The van der Waals surface area contributed by atoms with Crippen molar-refractivity contribution < 1.29 is 9.21 Å². The second-order valence-corrected chi connectivity index (χ2v) is 4.37. The van der Waals surface area contributed by atoms with Gasteiger partial charge >= 0.3 is 0 Å². The van der Waals surface area contributed by atoms with Gasteiger partial charge in [0.05, 0.1) is 0 Å². The zero-order valence-corrected chi connectivity index (χ0v) is 9.69. The largest absolute Gasteiger partial charge is 0.423 e. The summed E-state index contributed by atoms with van der Waals surface area (Å²) in [6, 6.07) is -0.200. The van der Waals surface area contributed by atoms with Crippen molar-refractivity contribution in [2.75, 3.05) is 0 Å². The first-order valence-electron chi connectivity index (χ1n) is 5.77. The van der Waals surface area contributed by atoms with Gasteiger partial charge in [0.15, 0.2) is 0 Å². The molecule has 0 radical (unpaired) electrons. The number of hydrogen-bond donors (Lipinski definition) is 1. The van der Waals surface area contributed by atoms with Crippen LogP contribution in [0.2, 0.25) is 0 Å². The van der Waals surface area contributed by atoms with E-state index in [4.69, 9.17) is 4.42 Å². The molecule has 1 aromatic rings. The zero-order valence-electron chi connectivity index (χ0n) is 9.69. The van der Waals surface area contributed by atoms with E-state index < -0.39 is 0 Å². The van der Waals surface area contributed by atoms with Gasteiger partial charge in [0.2, 0.25) is 17.7 Å². The molecular formula is C11H17N3O2. The van der Waals surface area contributed by atoms with Gasteiger partial charge in [-0.15, -0.1) is 10.2 Å². The SMILES string of the molecule is Cc1nnc(C(C)NC(=O)C2CCCC2)o1. The molecule has 1 amide bonds. The monoisotopic (exact) mass is 223 g/mol. The van der Waals surface area contributed by atoms with Gasteiger partial charge in [-0.1, -0.05) is 12.8 Å². The molecule has 88 valence electrons. The lowest BCUT2D eigenvalue weighted by molar-refractivity contribution is -0.125. The summed E-state index contributed by atoms with van der Waals surface area (Å²) in [6.45, 7) is 3.60. The summed E-state index contributed by atoms with van der Waals surface area (Å²) in [7, 11) is 0. The molecule has 1 aliphatic rings. The van der Waals surface area contributed by atoms with Crippen molar-refractivity contribution >= 4 is 5.91 Å². The fourth-order valence-electron chi connectivity index (χ4n) is 2.07. The smallest absolute Gasteiger partial charge is 0.238 e. The summed E-state index contributed by atoms with van der Waals surface area (Å²) in [5, 5.41) is 10.6. The second kappa shape index (κ2) is 4.63. The quantitative estimate of drug-likeness (QED) is 0.847. The van der Waals surface area contributed by atoms with Crippen LogP contribution in [0.25, 0.3) is 0 Å². The third kappa shape index (κ3) is 2.40. The zero-order chi connectivity index (χ0) is 11.5. The van der Waals surface area contributed by atoms with Crippen LogP contribution in [0, 0.1) is 12.8 Å². The molecule has 1 heterocycles. The summed E-state index contributed by atoms with van der Waals surface area (Å²) < 4.78 is 5.27. The van der Waals surface area contributed by atoms with Crippen LogP contribution >= 0.6 is 0 Å². The fourth-order valence-corrected chi connectivity index (χ4v) is 2.07. The Hall–Kier alpha value is -1.39. The Balaban J connectivity index is 1.91. The van der Waals surface area contributed by atoms with Gasteiger partial charge < -0.3 is 9.73 Å². The number of nitrogens with one attached hydrogen (secondary N) is 1. The molecule has 0 aromatic carbocycles. The molecule has 1 saturated carbocycles. The molecule has 1 aromatic heterocycles. The van der Waals surface area contributed by atoms with Crippen molar-refractivity contribution in [3.8, 4) is 0 Å². The average molecular weight is 223 g/mol. The lowest BCUT2D eigenvalue weighted by Gasteiger charge is -2.13. The maximum Gasteiger partial charge on any atom is 0.238 e. The van der Waals surface area contributed by atoms with Gasteiger partial charge in [-0.3, -0.25) is 4.79 Å². The van der Waals surface area contributed by atoms with E-state index >= 15 is 0 Å². The van der Waals surface area contributed by atoms with Gasteiger partial charge in [0, 0.05) is 12.8 Å². The minimum atomic E-state index is -0.200. The molecule has 1 unspecified atom stereocenters. The van der Waals surface area contributed by atoms with Crippen molar-refractivity contribution in [1.82, 2.24) is 15.5 Å². The molecular weight excluding hydrogens is 206 g/mol. The van der Waals surface area contributed by atoms with E-state index in [1.807, 2.05) is 6.92 Å². The number of aryl methyl sites for hydroxylation is 1. The first-order valence-corrected chi connectivity index (χ1v) is 5.77. The number of rotatable bonds is 3. The number of carbonyl (C=O) groups excluding carboxylic acids is 1. The molecule has 0 spiro atoms. The van der Waals surface area contributed by atoms with Crippen molar-refractivity contribution in [3.05, 3.63) is 11.8 Å². The van der Waals surface area contributed by atoms with E-state index in [-0.39, 0.29) is 17.9 Å². The molecule has 2 rings (SSSR count). The average Bonchev–Trinajstić information content (AvgIpc) is 2.87. The Kier molecular flexibility index (Phi) is 3.22. The fraction of sp³-hybridized carbons (Fsp3) is 0.727. The second-order valence-electron chi connectivity index (χ2n) is 4.37. The molecule has 0 bridgehead atoms. The lowest BCUT2D eigenvalue weighted by Crippen LogP contribution is -2.31. The summed E-state index contributed by atoms with van der Waals surface area (Å²) in [6.07, 6.45) is 4.32. The highest BCUT2D eigenvalue weighted by molar-refractivity contribution is 5.79. The number of carbonyl (C=O) groups is 1. The van der Waals surface area contributed by atoms with E-state index in [0.717, 1.165) is 25.7 Å². The number of aromatic nitrogens is 2. The Bertz CT molecular complexity index is 369. The van der Waals surface area contributed by atoms with Crippen LogP contribution in [-0.4, -0.2) is 16.1 Å². The van der Waals surface area contributed by atoms with E-state index in [1.165, 1.54) is 0 Å². The summed E-state index contributed by atoms with van der Waals surface area (Å²) in [5.41, 5.74) is 0. The molecule has 0 aliphatic heterocycles. The van der Waals surface area contributed by atoms with E-state index in [1.54, 1.807) is 6.92 Å². The molecule has 1 atom stereocenters. The van der Waals surface area contributed by atoms with E-state index in [0.29, 0.717) is 11.8 Å². The summed E-state index contributed by atoms with van der Waals surface area (Å²) in [5.74, 6) is 1.29. The number of hydrogen-bond acceptors (Lipinski definition) is 4. The van der Waals surface area contributed by atoms with Crippen molar-refractivity contribution in [3.63, 3.8) is 0 Å². The van der Waals surface area contributed by atoms with Crippen LogP contribution in [0.1, 0.15) is 50.4 Å². The Morgan fingerprint density at radius 3 is 2.69 bits per heavy atom. The van der Waals surface area contributed by atoms with Gasteiger partial charge in [-0.2, -0.15) is 0 Å². The maximum absolute atomic E-state index is 11.8. The first kappa shape index (κ1) is 11.1. The Labute approximate surface area is 94.6 Å². The van der Waals surface area contributed by atoms with E-state index in [2.05, 4.69) is 15.5 Å². The highest BCUT2D eigenvalue weighted by Gasteiger charge is 2.25. The standard InChI is InChI=1S/C11H17N3O2/c1-7(11-14-13-8(2)16-11)12-10(15)9-5-3-4-6-9/h7,9H,3-6H2,1-2H3,(H,12,15). The van der Waals surface area contributed by atoms with Crippen LogP contribution in [0.3, 0.4) is 0 Å². The van der Waals surface area contributed by atoms with Crippen molar-refractivity contribution in [2.45, 2.75) is 45.6 Å². The molecule has 1 aliphatic carbocycles. The van der Waals surface area contributed by atoms with Crippen LogP contribution in [0.15, 0.2) is 4.42 Å². The minimum Gasteiger partial charge on any atom is -0.423 e. The van der Waals surface area contributed by atoms with Gasteiger partial charge in [0.1, 0.15) is 6.04 Å². The van der Waals surface area contributed by atoms with Crippen LogP contribution in [-0.2, 0) is 4.79 Å². The molecule has 0 saturated heterocycles. The molecule has 5 nitrogen and oxygen atoms in total. The normalized spacial score (nSPS) is 18.6. The highest BCUT2D eigenvalue weighted by atomic mass is 16.4. The van der Waals surface area contributed by atoms with Gasteiger partial charge in [-0.05, 0) is 19.8 Å². The molecule has 5 heteroatoms. The third-order valence-corrected chi connectivity index (χ3v) is 3.00. The summed E-state index contributed by atoms with van der Waals surface area (Å²) in [4.78, 5) is 11.8.